The van der Waals surface area contributed by atoms with Crippen LogP contribution in [0, 0.1) is 0 Å². The fourth-order valence-corrected chi connectivity index (χ4v) is 3.65. The van der Waals surface area contributed by atoms with Gasteiger partial charge in [-0.1, -0.05) is 6.07 Å². The summed E-state index contributed by atoms with van der Waals surface area (Å²) in [6.45, 7) is 0. The number of hydrogen-bond acceptors (Lipinski definition) is 5. The van der Waals surface area contributed by atoms with Crippen molar-refractivity contribution in [3.63, 3.8) is 0 Å². The maximum Gasteiger partial charge on any atom is 0.228 e. The normalized spacial score (nSPS) is 15.9. The van der Waals surface area contributed by atoms with E-state index in [2.05, 4.69) is 9.97 Å². The van der Waals surface area contributed by atoms with Crippen molar-refractivity contribution in [3.05, 3.63) is 77.6 Å². The van der Waals surface area contributed by atoms with E-state index in [4.69, 9.17) is 9.15 Å². The summed E-state index contributed by atoms with van der Waals surface area (Å²) in [4.78, 5) is 21.5. The SMILES string of the molecule is COc1ccc2c(c1)CC(c1ccc3oc(-c4cccnc4)nc3c1)C2=O. The molecule has 0 fully saturated rings. The lowest BCUT2D eigenvalue weighted by atomic mass is 9.95. The van der Waals surface area contributed by atoms with Gasteiger partial charge in [-0.25, -0.2) is 4.98 Å². The number of aromatic nitrogens is 2. The van der Waals surface area contributed by atoms with Crippen molar-refractivity contribution in [2.24, 2.45) is 0 Å². The van der Waals surface area contributed by atoms with Crippen LogP contribution in [0.3, 0.4) is 0 Å². The van der Waals surface area contributed by atoms with Crippen molar-refractivity contribution < 1.29 is 13.9 Å². The van der Waals surface area contributed by atoms with E-state index >= 15 is 0 Å². The molecule has 1 aliphatic rings. The summed E-state index contributed by atoms with van der Waals surface area (Å²) in [7, 11) is 1.63. The molecule has 0 bridgehead atoms. The number of fused-ring (bicyclic) bond motifs is 2. The van der Waals surface area contributed by atoms with E-state index in [1.165, 1.54) is 0 Å². The first-order chi connectivity index (χ1) is 13.2. The number of Topliss-reactive ketones (excluding diaryl/α,β-unsaturated/α-hetero) is 1. The summed E-state index contributed by atoms with van der Waals surface area (Å²) < 4.78 is 11.1. The second kappa shape index (κ2) is 6.06. The summed E-state index contributed by atoms with van der Waals surface area (Å²) in [6.07, 6.45) is 4.10. The molecular formula is C22H16N2O3. The van der Waals surface area contributed by atoms with E-state index in [1.54, 1.807) is 19.5 Å². The summed E-state index contributed by atoms with van der Waals surface area (Å²) in [6, 6.07) is 15.2. The molecule has 0 spiro atoms. The molecule has 0 saturated heterocycles. The molecule has 0 amide bonds. The fourth-order valence-electron chi connectivity index (χ4n) is 3.65. The van der Waals surface area contributed by atoms with E-state index in [-0.39, 0.29) is 11.7 Å². The predicted octanol–water partition coefficient (Wildman–Crippen LogP) is 4.42. The lowest BCUT2D eigenvalue weighted by Crippen LogP contribution is -2.06. The van der Waals surface area contributed by atoms with Gasteiger partial charge < -0.3 is 9.15 Å². The van der Waals surface area contributed by atoms with Crippen LogP contribution in [-0.4, -0.2) is 22.9 Å². The van der Waals surface area contributed by atoms with Crippen LogP contribution in [0.25, 0.3) is 22.6 Å². The van der Waals surface area contributed by atoms with Crippen LogP contribution in [0.15, 0.2) is 65.3 Å². The summed E-state index contributed by atoms with van der Waals surface area (Å²) in [5, 5.41) is 0. The third kappa shape index (κ3) is 2.59. The van der Waals surface area contributed by atoms with Gasteiger partial charge in [0.2, 0.25) is 5.89 Å². The highest BCUT2D eigenvalue weighted by molar-refractivity contribution is 6.05. The van der Waals surface area contributed by atoms with Gasteiger partial charge in [-0.05, 0) is 60.0 Å². The largest absolute Gasteiger partial charge is 0.497 e. The highest BCUT2D eigenvalue weighted by atomic mass is 16.5. The van der Waals surface area contributed by atoms with Gasteiger partial charge in [-0.3, -0.25) is 9.78 Å². The number of carbonyl (C=O) groups excluding carboxylic acids is 1. The molecule has 5 nitrogen and oxygen atoms in total. The Labute approximate surface area is 155 Å². The highest BCUT2D eigenvalue weighted by Crippen LogP contribution is 2.37. The molecule has 5 heteroatoms. The maximum absolute atomic E-state index is 12.9. The number of methoxy groups -OCH3 is 1. The van der Waals surface area contributed by atoms with E-state index < -0.39 is 0 Å². The number of nitrogens with zero attached hydrogens (tertiary/aromatic N) is 2. The summed E-state index contributed by atoms with van der Waals surface area (Å²) >= 11 is 0. The van der Waals surface area contributed by atoms with Crippen molar-refractivity contribution >= 4 is 16.9 Å². The van der Waals surface area contributed by atoms with Crippen molar-refractivity contribution in [2.45, 2.75) is 12.3 Å². The van der Waals surface area contributed by atoms with Crippen molar-refractivity contribution in [1.29, 1.82) is 0 Å². The number of benzene rings is 2. The van der Waals surface area contributed by atoms with E-state index in [1.807, 2.05) is 48.5 Å². The molecule has 2 aromatic heterocycles. The number of pyridine rings is 1. The molecule has 0 saturated carbocycles. The van der Waals surface area contributed by atoms with Gasteiger partial charge in [-0.15, -0.1) is 0 Å². The van der Waals surface area contributed by atoms with Gasteiger partial charge in [0.05, 0.1) is 18.6 Å². The highest BCUT2D eigenvalue weighted by Gasteiger charge is 2.32. The first-order valence-electron chi connectivity index (χ1n) is 8.75. The molecule has 0 aliphatic heterocycles. The molecule has 5 rings (SSSR count). The molecule has 1 aliphatic carbocycles. The van der Waals surface area contributed by atoms with Crippen LogP contribution in [0.4, 0.5) is 0 Å². The van der Waals surface area contributed by atoms with Crippen LogP contribution in [-0.2, 0) is 6.42 Å². The number of ether oxygens (including phenoxy) is 1. The summed E-state index contributed by atoms with van der Waals surface area (Å²) in [5.74, 6) is 1.24. The Morgan fingerprint density at radius 1 is 1.15 bits per heavy atom. The van der Waals surface area contributed by atoms with Crippen LogP contribution in [0.1, 0.15) is 27.4 Å². The Kier molecular flexibility index (Phi) is 3.53. The smallest absolute Gasteiger partial charge is 0.228 e. The summed E-state index contributed by atoms with van der Waals surface area (Å²) in [5.41, 5.74) is 5.02. The van der Waals surface area contributed by atoms with Crippen molar-refractivity contribution in [1.82, 2.24) is 9.97 Å². The maximum atomic E-state index is 12.9. The molecular weight excluding hydrogens is 340 g/mol. The monoisotopic (exact) mass is 356 g/mol. The topological polar surface area (TPSA) is 65.2 Å². The van der Waals surface area contributed by atoms with E-state index in [0.29, 0.717) is 17.9 Å². The third-order valence-electron chi connectivity index (χ3n) is 5.04. The molecule has 132 valence electrons. The Hall–Kier alpha value is -3.47. The van der Waals surface area contributed by atoms with Crippen LogP contribution in [0.5, 0.6) is 5.75 Å². The lowest BCUT2D eigenvalue weighted by molar-refractivity contribution is 0.0973. The van der Waals surface area contributed by atoms with Gasteiger partial charge in [0, 0.05) is 18.0 Å². The minimum atomic E-state index is -0.199. The quantitative estimate of drug-likeness (QED) is 0.544. The minimum Gasteiger partial charge on any atom is -0.497 e. The lowest BCUT2D eigenvalue weighted by Gasteiger charge is -2.07. The Balaban J connectivity index is 1.51. The van der Waals surface area contributed by atoms with Gasteiger partial charge in [0.15, 0.2) is 11.4 Å². The van der Waals surface area contributed by atoms with Crippen LogP contribution >= 0.6 is 0 Å². The molecule has 0 radical (unpaired) electrons. The number of oxazole rings is 1. The Morgan fingerprint density at radius 3 is 2.89 bits per heavy atom. The zero-order valence-corrected chi connectivity index (χ0v) is 14.7. The molecule has 2 aromatic carbocycles. The number of ketones is 1. The second-order valence-electron chi connectivity index (χ2n) is 6.63. The molecule has 4 aromatic rings. The van der Waals surface area contributed by atoms with Crippen molar-refractivity contribution in [3.8, 4) is 17.2 Å². The number of hydrogen-bond donors (Lipinski definition) is 0. The molecule has 1 unspecified atom stereocenters. The first-order valence-corrected chi connectivity index (χ1v) is 8.75. The Bertz CT molecular complexity index is 1160. The van der Waals surface area contributed by atoms with Gasteiger partial charge >= 0.3 is 0 Å². The van der Waals surface area contributed by atoms with E-state index in [9.17, 15) is 4.79 Å². The van der Waals surface area contributed by atoms with Crippen LogP contribution in [0.2, 0.25) is 0 Å². The Morgan fingerprint density at radius 2 is 2.07 bits per heavy atom. The van der Waals surface area contributed by atoms with Crippen LogP contribution < -0.4 is 4.74 Å². The standard InChI is InChI=1S/C22H16N2O3/c1-26-16-5-6-17-15(9-16)10-18(21(17)25)13-4-7-20-19(11-13)24-22(27-20)14-3-2-8-23-12-14/h2-9,11-12,18H,10H2,1H3. The molecule has 1 atom stereocenters. The minimum absolute atomic E-state index is 0.142. The first kappa shape index (κ1) is 15.8. The molecule has 0 N–H and O–H groups in total. The fraction of sp³-hybridized carbons (Fsp3) is 0.136. The zero-order valence-electron chi connectivity index (χ0n) is 14.7. The average molecular weight is 356 g/mol. The van der Waals surface area contributed by atoms with Crippen molar-refractivity contribution in [2.75, 3.05) is 7.11 Å². The molecule has 2 heterocycles. The second-order valence-corrected chi connectivity index (χ2v) is 6.63. The van der Waals surface area contributed by atoms with E-state index in [0.717, 1.165) is 33.5 Å². The van der Waals surface area contributed by atoms with Gasteiger partial charge in [-0.2, -0.15) is 0 Å². The number of rotatable bonds is 3. The third-order valence-corrected chi connectivity index (χ3v) is 5.04. The average Bonchev–Trinajstić information content (AvgIpc) is 3.29. The predicted molar refractivity (Wildman–Crippen MR) is 101 cm³/mol. The van der Waals surface area contributed by atoms with Gasteiger partial charge in [0.25, 0.3) is 0 Å². The molecule has 27 heavy (non-hydrogen) atoms. The van der Waals surface area contributed by atoms with Gasteiger partial charge in [0.1, 0.15) is 11.3 Å². The number of carbonyl (C=O) groups is 1. The zero-order chi connectivity index (χ0) is 18.4.